The molecule has 1 aromatic heterocycles. The maximum absolute atomic E-state index is 11.2. The van der Waals surface area contributed by atoms with Crippen molar-refractivity contribution in [3.05, 3.63) is 59.0 Å². The predicted molar refractivity (Wildman–Crippen MR) is 131 cm³/mol. The molecule has 0 bridgehead atoms. The molecule has 0 aliphatic heterocycles. The Morgan fingerprint density at radius 1 is 1.00 bits per heavy atom. The summed E-state index contributed by atoms with van der Waals surface area (Å²) >= 11 is 0. The van der Waals surface area contributed by atoms with Crippen LogP contribution in [-0.4, -0.2) is 28.1 Å². The monoisotopic (exact) mass is 431 g/mol. The van der Waals surface area contributed by atoms with Gasteiger partial charge in [0.15, 0.2) is 0 Å². The number of aromatic nitrogens is 1. The fourth-order valence-electron chi connectivity index (χ4n) is 4.71. The standard InChI is InChI=1S/C27H33N3O2/c1-17(29-24-23(28-6)26(2,3)15-16-27(24,4)5)21-13-14-22(30(21)20-11-12-20)18-7-9-19(10-8-18)25(31)32/h7-10,13-14,20H,6,11-12,15-16H2,1-5H3,(H,31,32). The van der Waals surface area contributed by atoms with Crippen LogP contribution in [0.15, 0.2) is 57.8 Å². The molecule has 4 rings (SSSR count). The van der Waals surface area contributed by atoms with Gasteiger partial charge in [0.05, 0.1) is 28.4 Å². The number of carbonyl (C=O) groups is 1. The number of benzene rings is 1. The molecule has 1 N–H and O–H groups in total. The maximum Gasteiger partial charge on any atom is 0.335 e. The first kappa shape index (κ1) is 22.3. The van der Waals surface area contributed by atoms with Gasteiger partial charge in [-0.05, 0) is 69.2 Å². The number of carboxylic acid groups (broad SMARTS) is 1. The van der Waals surface area contributed by atoms with Gasteiger partial charge in [0.2, 0.25) is 0 Å². The molecule has 0 saturated heterocycles. The normalized spacial score (nSPS) is 20.3. The molecule has 2 aliphatic carbocycles. The molecule has 0 spiro atoms. The van der Waals surface area contributed by atoms with Crippen molar-refractivity contribution >= 4 is 18.4 Å². The molecule has 1 saturated carbocycles. The van der Waals surface area contributed by atoms with Crippen LogP contribution in [0.5, 0.6) is 0 Å². The minimum Gasteiger partial charge on any atom is -0.478 e. The summed E-state index contributed by atoms with van der Waals surface area (Å²) in [6.45, 7) is 14.9. The van der Waals surface area contributed by atoms with Gasteiger partial charge in [0.25, 0.3) is 0 Å². The van der Waals surface area contributed by atoms with E-state index in [1.807, 2.05) is 12.1 Å². The summed E-state index contributed by atoms with van der Waals surface area (Å²) in [6.07, 6.45) is 4.43. The zero-order valence-corrected chi connectivity index (χ0v) is 19.8. The molecule has 5 nitrogen and oxygen atoms in total. The molecule has 0 atom stereocenters. The molecule has 1 aromatic carbocycles. The minimum absolute atomic E-state index is 0.0358. The number of aliphatic imine (C=N–C) groups is 2. The van der Waals surface area contributed by atoms with Crippen LogP contribution in [0.1, 0.15) is 82.4 Å². The third kappa shape index (κ3) is 3.96. The Kier molecular flexibility index (Phi) is 5.48. The van der Waals surface area contributed by atoms with Crippen LogP contribution in [0, 0.1) is 10.8 Å². The molecule has 0 amide bonds. The van der Waals surface area contributed by atoms with E-state index in [1.54, 1.807) is 12.1 Å². The molecular weight excluding hydrogens is 398 g/mol. The summed E-state index contributed by atoms with van der Waals surface area (Å²) in [4.78, 5) is 20.9. The fourth-order valence-corrected chi connectivity index (χ4v) is 4.71. The summed E-state index contributed by atoms with van der Waals surface area (Å²) in [5.74, 6) is -0.907. The molecule has 0 radical (unpaired) electrons. The van der Waals surface area contributed by atoms with Crippen molar-refractivity contribution < 1.29 is 9.90 Å². The van der Waals surface area contributed by atoms with Gasteiger partial charge in [-0.2, -0.15) is 0 Å². The summed E-state index contributed by atoms with van der Waals surface area (Å²) in [5.41, 5.74) is 6.47. The van der Waals surface area contributed by atoms with Crippen molar-refractivity contribution in [3.8, 4) is 11.3 Å². The van der Waals surface area contributed by atoms with E-state index in [0.29, 0.717) is 11.6 Å². The third-order valence-corrected chi connectivity index (χ3v) is 6.95. The van der Waals surface area contributed by atoms with Crippen molar-refractivity contribution in [2.45, 2.75) is 66.3 Å². The van der Waals surface area contributed by atoms with Crippen LogP contribution in [0.2, 0.25) is 0 Å². The molecule has 0 unspecified atom stereocenters. The van der Waals surface area contributed by atoms with Gasteiger partial charge in [-0.3, -0.25) is 9.98 Å². The lowest BCUT2D eigenvalue weighted by Crippen LogP contribution is -2.30. The van der Waals surface area contributed by atoms with Gasteiger partial charge < -0.3 is 9.67 Å². The van der Waals surface area contributed by atoms with Gasteiger partial charge in [-0.25, -0.2) is 4.79 Å². The van der Waals surface area contributed by atoms with Gasteiger partial charge in [-0.15, -0.1) is 0 Å². The Morgan fingerprint density at radius 3 is 2.12 bits per heavy atom. The molecule has 32 heavy (non-hydrogen) atoms. The molecule has 2 aliphatic rings. The Balaban J connectivity index is 1.80. The average Bonchev–Trinajstić information content (AvgIpc) is 3.49. The van der Waals surface area contributed by atoms with E-state index >= 15 is 0 Å². The number of rotatable bonds is 6. The topological polar surface area (TPSA) is 66.9 Å². The predicted octanol–water partition coefficient (Wildman–Crippen LogP) is 6.76. The summed E-state index contributed by atoms with van der Waals surface area (Å²) < 4.78 is 2.37. The summed E-state index contributed by atoms with van der Waals surface area (Å²) in [6, 6.07) is 11.8. The van der Waals surface area contributed by atoms with Gasteiger partial charge >= 0.3 is 5.97 Å². The smallest absolute Gasteiger partial charge is 0.335 e. The number of hydrogen-bond acceptors (Lipinski definition) is 3. The number of nitrogens with zero attached hydrogens (tertiary/aromatic N) is 3. The Bertz CT molecular complexity index is 1130. The Labute approximate surface area is 190 Å². The van der Waals surface area contributed by atoms with Crippen LogP contribution in [0.4, 0.5) is 0 Å². The maximum atomic E-state index is 11.2. The lowest BCUT2D eigenvalue weighted by atomic mass is 9.68. The molecule has 168 valence electrons. The average molecular weight is 432 g/mol. The first-order valence-corrected chi connectivity index (χ1v) is 11.4. The molecule has 2 aromatic rings. The molecule has 1 fully saturated rings. The van der Waals surface area contributed by atoms with Gasteiger partial charge in [0.1, 0.15) is 0 Å². The highest BCUT2D eigenvalue weighted by molar-refractivity contribution is 5.99. The van der Waals surface area contributed by atoms with Crippen molar-refractivity contribution in [2.75, 3.05) is 0 Å². The number of hydrogen-bond donors (Lipinski definition) is 1. The summed E-state index contributed by atoms with van der Waals surface area (Å²) in [7, 11) is 0. The second-order valence-electron chi connectivity index (χ2n) is 10.4. The second kappa shape index (κ2) is 7.88. The van der Waals surface area contributed by atoms with E-state index in [9.17, 15) is 9.90 Å². The van der Waals surface area contributed by atoms with E-state index < -0.39 is 5.97 Å². The zero-order chi connectivity index (χ0) is 23.3. The highest BCUT2D eigenvalue weighted by Crippen LogP contribution is 2.50. The highest BCUT2D eigenvalue weighted by Gasteiger charge is 2.39. The van der Waals surface area contributed by atoms with Crippen molar-refractivity contribution in [2.24, 2.45) is 20.8 Å². The van der Waals surface area contributed by atoms with E-state index in [-0.39, 0.29) is 10.8 Å². The molecular formula is C27H33N3O2. The summed E-state index contributed by atoms with van der Waals surface area (Å²) in [5, 5.41) is 9.22. The first-order chi connectivity index (χ1) is 15.0. The van der Waals surface area contributed by atoms with E-state index in [0.717, 1.165) is 59.7 Å². The van der Waals surface area contributed by atoms with Gasteiger partial charge in [0, 0.05) is 22.6 Å². The SMILES string of the molecule is C=NC1=C(N=C(C)c2ccc(-c3ccc(C(=O)O)cc3)n2C2CC2)C(C)(C)CCC1(C)C. The van der Waals surface area contributed by atoms with Crippen molar-refractivity contribution in [1.82, 2.24) is 4.57 Å². The lowest BCUT2D eigenvalue weighted by molar-refractivity contribution is 0.0697. The largest absolute Gasteiger partial charge is 0.478 e. The van der Waals surface area contributed by atoms with E-state index in [1.165, 1.54) is 0 Å². The molecule has 1 heterocycles. The second-order valence-corrected chi connectivity index (χ2v) is 10.4. The van der Waals surface area contributed by atoms with Crippen LogP contribution in [-0.2, 0) is 0 Å². The lowest BCUT2D eigenvalue weighted by Gasteiger charge is -2.40. The number of allylic oxidation sites excluding steroid dienone is 2. The first-order valence-electron chi connectivity index (χ1n) is 11.4. The number of carboxylic acids is 1. The highest BCUT2D eigenvalue weighted by atomic mass is 16.4. The number of aromatic carboxylic acids is 1. The van der Waals surface area contributed by atoms with Crippen LogP contribution >= 0.6 is 0 Å². The fraction of sp³-hybridized carbons (Fsp3) is 0.444. The quantitative estimate of drug-likeness (QED) is 0.514. The molecule has 5 heteroatoms. The van der Waals surface area contributed by atoms with E-state index in [2.05, 4.69) is 63.0 Å². The van der Waals surface area contributed by atoms with Crippen molar-refractivity contribution in [3.63, 3.8) is 0 Å². The van der Waals surface area contributed by atoms with E-state index in [4.69, 9.17) is 4.99 Å². The van der Waals surface area contributed by atoms with Crippen LogP contribution in [0.25, 0.3) is 11.3 Å². The Morgan fingerprint density at radius 2 is 1.59 bits per heavy atom. The van der Waals surface area contributed by atoms with Crippen LogP contribution < -0.4 is 0 Å². The van der Waals surface area contributed by atoms with Crippen LogP contribution in [0.3, 0.4) is 0 Å². The third-order valence-electron chi connectivity index (χ3n) is 6.95. The Hall–Kier alpha value is -2.95. The van der Waals surface area contributed by atoms with Crippen molar-refractivity contribution in [1.29, 1.82) is 0 Å². The zero-order valence-electron chi connectivity index (χ0n) is 19.8. The van der Waals surface area contributed by atoms with Gasteiger partial charge in [-0.1, -0.05) is 39.8 Å². The minimum atomic E-state index is -0.907.